The fraction of sp³-hybridized carbons (Fsp3) is 0.0556. The van der Waals surface area contributed by atoms with Crippen molar-refractivity contribution in [3.05, 3.63) is 65.1 Å². The molecular weight excluding hydrogens is 368 g/mol. The van der Waals surface area contributed by atoms with Gasteiger partial charge >= 0.3 is 5.63 Å². The number of anilines is 1. The molecule has 0 unspecified atom stereocenters. The van der Waals surface area contributed by atoms with E-state index in [0.29, 0.717) is 22.9 Å². The van der Waals surface area contributed by atoms with Crippen LogP contribution in [0.1, 0.15) is 0 Å². The Bertz CT molecular complexity index is 1160. The zero-order valence-corrected chi connectivity index (χ0v) is 14.6. The number of pyridine rings is 1. The average molecular weight is 380 g/mol. The van der Waals surface area contributed by atoms with Gasteiger partial charge in [-0.2, -0.15) is 0 Å². The van der Waals surface area contributed by atoms with E-state index in [1.54, 1.807) is 42.6 Å². The monoisotopic (exact) mass is 380 g/mol. The molecule has 27 heavy (non-hydrogen) atoms. The predicted molar refractivity (Wildman–Crippen MR) is 99.4 cm³/mol. The number of aromatic nitrogens is 3. The Hall–Kier alpha value is -3.46. The van der Waals surface area contributed by atoms with Crippen LogP contribution in [0.3, 0.4) is 0 Å². The smallest absolute Gasteiger partial charge is 0.336 e. The Kier molecular flexibility index (Phi) is 4.67. The van der Waals surface area contributed by atoms with E-state index in [1.165, 1.54) is 6.07 Å². The number of benzene rings is 1. The minimum atomic E-state index is -0.416. The molecule has 4 rings (SSSR count). The lowest BCUT2D eigenvalue weighted by Gasteiger charge is -2.05. The first-order valence-corrected chi connectivity index (χ1v) is 8.87. The van der Waals surface area contributed by atoms with Crippen molar-refractivity contribution in [2.24, 2.45) is 0 Å². The zero-order chi connectivity index (χ0) is 18.6. The van der Waals surface area contributed by atoms with Crippen molar-refractivity contribution < 1.29 is 13.6 Å². The first-order chi connectivity index (χ1) is 13.2. The van der Waals surface area contributed by atoms with Crippen LogP contribution in [0.25, 0.3) is 22.6 Å². The highest BCUT2D eigenvalue weighted by Crippen LogP contribution is 2.22. The molecule has 1 amide bonds. The van der Waals surface area contributed by atoms with E-state index in [2.05, 4.69) is 20.5 Å². The van der Waals surface area contributed by atoms with Crippen LogP contribution >= 0.6 is 11.8 Å². The largest absolute Gasteiger partial charge is 0.423 e. The average Bonchev–Trinajstić information content (AvgIpc) is 3.16. The molecule has 0 saturated heterocycles. The maximum atomic E-state index is 12.1. The summed E-state index contributed by atoms with van der Waals surface area (Å²) in [6.45, 7) is 0. The van der Waals surface area contributed by atoms with Crippen LogP contribution in [0.4, 0.5) is 5.69 Å². The summed E-state index contributed by atoms with van der Waals surface area (Å²) in [7, 11) is 0. The van der Waals surface area contributed by atoms with Gasteiger partial charge in [0.2, 0.25) is 5.91 Å². The second-order valence-corrected chi connectivity index (χ2v) is 6.36. The van der Waals surface area contributed by atoms with Gasteiger partial charge in [0.25, 0.3) is 11.1 Å². The van der Waals surface area contributed by atoms with E-state index in [1.807, 2.05) is 6.07 Å². The molecule has 8 nitrogen and oxygen atoms in total. The number of hydrogen-bond donors (Lipinski definition) is 1. The molecular formula is C18H12N4O4S. The standard InChI is InChI=1S/C18H12N4O4S/c23-15(20-12-5-6-14-11(9-12)4-7-16(24)25-14)10-27-18-22-21-17(26-18)13-3-1-2-8-19-13/h1-9H,10H2,(H,20,23). The molecule has 0 atom stereocenters. The Morgan fingerprint density at radius 3 is 2.85 bits per heavy atom. The van der Waals surface area contributed by atoms with Crippen LogP contribution in [0, 0.1) is 0 Å². The molecule has 9 heteroatoms. The van der Waals surface area contributed by atoms with Crippen molar-refractivity contribution in [1.29, 1.82) is 0 Å². The van der Waals surface area contributed by atoms with Gasteiger partial charge in [0.05, 0.1) is 5.75 Å². The molecule has 0 aliphatic rings. The van der Waals surface area contributed by atoms with Crippen molar-refractivity contribution >= 4 is 34.3 Å². The third-order valence-electron chi connectivity index (χ3n) is 3.52. The molecule has 3 heterocycles. The number of nitrogens with zero attached hydrogens (tertiary/aromatic N) is 3. The van der Waals surface area contributed by atoms with Crippen molar-refractivity contribution in [2.75, 3.05) is 11.1 Å². The van der Waals surface area contributed by atoms with E-state index >= 15 is 0 Å². The minimum absolute atomic E-state index is 0.103. The van der Waals surface area contributed by atoms with E-state index in [9.17, 15) is 9.59 Å². The Labute approximate surface area is 156 Å². The number of carbonyl (C=O) groups is 1. The molecule has 0 aliphatic carbocycles. The van der Waals surface area contributed by atoms with Gasteiger partial charge in [-0.15, -0.1) is 10.2 Å². The second-order valence-electron chi connectivity index (χ2n) is 5.43. The topological polar surface area (TPSA) is 111 Å². The molecule has 4 aromatic rings. The van der Waals surface area contributed by atoms with Gasteiger partial charge in [-0.3, -0.25) is 9.78 Å². The SMILES string of the molecule is O=C(CSc1nnc(-c2ccccn2)o1)Nc1ccc2oc(=O)ccc2c1. The summed E-state index contributed by atoms with van der Waals surface area (Å²) in [5.74, 6) is 0.176. The quantitative estimate of drug-likeness (QED) is 0.415. The summed E-state index contributed by atoms with van der Waals surface area (Å²) in [6.07, 6.45) is 1.63. The van der Waals surface area contributed by atoms with E-state index in [-0.39, 0.29) is 16.9 Å². The molecule has 1 N–H and O–H groups in total. The van der Waals surface area contributed by atoms with Gasteiger partial charge in [0.1, 0.15) is 11.3 Å². The fourth-order valence-electron chi connectivity index (χ4n) is 2.33. The van der Waals surface area contributed by atoms with Crippen molar-refractivity contribution in [1.82, 2.24) is 15.2 Å². The second kappa shape index (κ2) is 7.42. The summed E-state index contributed by atoms with van der Waals surface area (Å²) < 4.78 is 10.6. The van der Waals surface area contributed by atoms with Crippen molar-refractivity contribution in [3.63, 3.8) is 0 Å². The molecule has 3 aromatic heterocycles. The summed E-state index contributed by atoms with van der Waals surface area (Å²) in [4.78, 5) is 27.5. The summed E-state index contributed by atoms with van der Waals surface area (Å²) in [5, 5.41) is 11.6. The predicted octanol–water partition coefficient (Wildman–Crippen LogP) is 2.97. The maximum absolute atomic E-state index is 12.1. The number of carbonyl (C=O) groups excluding carboxylic acids is 1. The number of amides is 1. The first kappa shape index (κ1) is 17.0. The van der Waals surface area contributed by atoms with Gasteiger partial charge in [0.15, 0.2) is 0 Å². The first-order valence-electron chi connectivity index (χ1n) is 7.89. The van der Waals surface area contributed by atoms with Gasteiger partial charge < -0.3 is 14.2 Å². The fourth-order valence-corrected chi connectivity index (χ4v) is 2.90. The van der Waals surface area contributed by atoms with E-state index < -0.39 is 5.63 Å². The van der Waals surface area contributed by atoms with E-state index in [0.717, 1.165) is 17.1 Å². The van der Waals surface area contributed by atoms with Gasteiger partial charge in [-0.25, -0.2) is 4.79 Å². The summed E-state index contributed by atoms with van der Waals surface area (Å²) >= 11 is 1.13. The molecule has 0 spiro atoms. The number of fused-ring (bicyclic) bond motifs is 1. The summed E-state index contributed by atoms with van der Waals surface area (Å²) in [5.41, 5.74) is 1.22. The number of thioether (sulfide) groups is 1. The zero-order valence-electron chi connectivity index (χ0n) is 13.8. The van der Waals surface area contributed by atoms with Gasteiger partial charge in [-0.05, 0) is 36.4 Å². The van der Waals surface area contributed by atoms with Crippen LogP contribution in [0.2, 0.25) is 0 Å². The molecule has 0 radical (unpaired) electrons. The molecule has 134 valence electrons. The minimum Gasteiger partial charge on any atom is -0.423 e. The molecule has 1 aromatic carbocycles. The lowest BCUT2D eigenvalue weighted by Crippen LogP contribution is -2.14. The Morgan fingerprint density at radius 2 is 2.00 bits per heavy atom. The van der Waals surface area contributed by atoms with Crippen molar-refractivity contribution in [2.45, 2.75) is 5.22 Å². The van der Waals surface area contributed by atoms with Crippen LogP contribution < -0.4 is 10.9 Å². The third kappa shape index (κ3) is 4.04. The normalized spacial score (nSPS) is 10.8. The van der Waals surface area contributed by atoms with Gasteiger partial charge in [0, 0.05) is 23.3 Å². The van der Waals surface area contributed by atoms with Crippen LogP contribution in [0.5, 0.6) is 0 Å². The van der Waals surface area contributed by atoms with E-state index in [4.69, 9.17) is 8.83 Å². The lowest BCUT2D eigenvalue weighted by molar-refractivity contribution is -0.113. The summed E-state index contributed by atoms with van der Waals surface area (Å²) in [6, 6.07) is 13.4. The van der Waals surface area contributed by atoms with Crippen LogP contribution in [0.15, 0.2) is 73.6 Å². The van der Waals surface area contributed by atoms with Crippen molar-refractivity contribution in [3.8, 4) is 11.6 Å². The third-order valence-corrected chi connectivity index (χ3v) is 4.34. The number of nitrogens with one attached hydrogen (secondary N) is 1. The number of rotatable bonds is 5. The lowest BCUT2D eigenvalue weighted by atomic mass is 10.2. The Morgan fingerprint density at radius 1 is 1.07 bits per heavy atom. The Balaban J connectivity index is 1.38. The highest BCUT2D eigenvalue weighted by atomic mass is 32.2. The maximum Gasteiger partial charge on any atom is 0.336 e. The highest BCUT2D eigenvalue weighted by molar-refractivity contribution is 7.99. The molecule has 0 aliphatic heterocycles. The number of hydrogen-bond acceptors (Lipinski definition) is 8. The molecule has 0 bridgehead atoms. The molecule has 0 fully saturated rings. The van der Waals surface area contributed by atoms with Gasteiger partial charge in [-0.1, -0.05) is 17.8 Å². The van der Waals surface area contributed by atoms with Crippen LogP contribution in [-0.2, 0) is 4.79 Å². The molecule has 0 saturated carbocycles. The van der Waals surface area contributed by atoms with Crippen LogP contribution in [-0.4, -0.2) is 26.8 Å². The highest BCUT2D eigenvalue weighted by Gasteiger charge is 2.12.